The number of hydrogen-bond acceptors (Lipinski definition) is 5. The largest absolute Gasteiger partial charge is 0.390 e. The van der Waals surface area contributed by atoms with Gasteiger partial charge in [0, 0.05) is 25.2 Å². The Morgan fingerprint density at radius 2 is 2.08 bits per heavy atom. The second kappa shape index (κ2) is 7.15. The third kappa shape index (κ3) is 3.35. The molecule has 26 heavy (non-hydrogen) atoms. The second-order valence-corrected chi connectivity index (χ2v) is 7.67. The van der Waals surface area contributed by atoms with E-state index in [9.17, 15) is 9.90 Å². The van der Waals surface area contributed by atoms with Crippen LogP contribution in [-0.4, -0.2) is 58.1 Å². The molecule has 0 radical (unpaired) electrons. The maximum absolute atomic E-state index is 12.9. The first-order valence-electron chi connectivity index (χ1n) is 8.66. The number of aliphatic hydroxyl groups excluding tert-OH is 1. The number of likely N-dealkylation sites (tertiary alicyclic amines) is 1. The minimum absolute atomic E-state index is 0.0324. The number of rotatable bonds is 4. The molecule has 1 aliphatic rings. The molecule has 1 aromatic heterocycles. The van der Waals surface area contributed by atoms with Crippen molar-refractivity contribution < 1.29 is 9.90 Å². The van der Waals surface area contributed by atoms with Crippen molar-refractivity contribution in [2.75, 3.05) is 20.1 Å². The molecule has 0 unspecified atom stereocenters. The number of amides is 1. The lowest BCUT2D eigenvalue weighted by Crippen LogP contribution is -2.40. The Kier molecular flexibility index (Phi) is 4.72. The first-order chi connectivity index (χ1) is 12.6. The number of β-amino-alcohol motifs (C(OH)–C–C–N with tert-alkyl or cyclic N) is 1. The summed E-state index contributed by atoms with van der Waals surface area (Å²) in [4.78, 5) is 21.0. The van der Waals surface area contributed by atoms with Crippen LogP contribution >= 0.6 is 11.3 Å². The molecule has 6 heteroatoms. The molecule has 1 fully saturated rings. The van der Waals surface area contributed by atoms with Gasteiger partial charge in [0.25, 0.3) is 5.91 Å². The lowest BCUT2D eigenvalue weighted by atomic mass is 10.1. The first kappa shape index (κ1) is 17.1. The number of benzene rings is 2. The van der Waals surface area contributed by atoms with Gasteiger partial charge in [-0.15, -0.1) is 11.3 Å². The van der Waals surface area contributed by atoms with Gasteiger partial charge in [-0.1, -0.05) is 30.3 Å². The van der Waals surface area contributed by atoms with Crippen molar-refractivity contribution >= 4 is 27.5 Å². The van der Waals surface area contributed by atoms with E-state index in [4.69, 9.17) is 0 Å². The zero-order valence-electron chi connectivity index (χ0n) is 14.6. The average Bonchev–Trinajstić information content (AvgIpc) is 3.27. The van der Waals surface area contributed by atoms with Gasteiger partial charge in [0.1, 0.15) is 0 Å². The van der Waals surface area contributed by atoms with E-state index in [2.05, 4.69) is 22.0 Å². The van der Waals surface area contributed by atoms with Crippen LogP contribution < -0.4 is 0 Å². The molecule has 1 aliphatic heterocycles. The van der Waals surface area contributed by atoms with Crippen molar-refractivity contribution in [1.82, 2.24) is 14.8 Å². The highest BCUT2D eigenvalue weighted by atomic mass is 32.1. The quantitative estimate of drug-likeness (QED) is 0.770. The summed E-state index contributed by atoms with van der Waals surface area (Å²) in [6.07, 6.45) is -0.542. The zero-order valence-corrected chi connectivity index (χ0v) is 15.4. The molecule has 4 rings (SSSR count). The lowest BCUT2D eigenvalue weighted by Gasteiger charge is -2.26. The number of likely N-dealkylation sites (N-methyl/N-ethyl adjacent to an activating group) is 1. The van der Waals surface area contributed by atoms with E-state index in [0.29, 0.717) is 18.7 Å². The van der Waals surface area contributed by atoms with Gasteiger partial charge < -0.3 is 10.0 Å². The monoisotopic (exact) mass is 367 g/mol. The van der Waals surface area contributed by atoms with E-state index in [1.54, 1.807) is 10.4 Å². The Morgan fingerprint density at radius 3 is 2.88 bits per heavy atom. The fourth-order valence-electron chi connectivity index (χ4n) is 3.53. The molecule has 0 aliphatic carbocycles. The van der Waals surface area contributed by atoms with Gasteiger partial charge in [-0.2, -0.15) is 0 Å². The van der Waals surface area contributed by atoms with E-state index in [1.165, 1.54) is 16.9 Å². The predicted molar refractivity (Wildman–Crippen MR) is 103 cm³/mol. The van der Waals surface area contributed by atoms with Gasteiger partial charge in [-0.25, -0.2) is 4.98 Å². The van der Waals surface area contributed by atoms with Crippen LogP contribution in [0, 0.1) is 0 Å². The molecule has 0 bridgehead atoms. The zero-order chi connectivity index (χ0) is 18.1. The fraction of sp³-hybridized carbons (Fsp3) is 0.300. The van der Waals surface area contributed by atoms with Crippen molar-refractivity contribution in [3.8, 4) is 0 Å². The number of fused-ring (bicyclic) bond motifs is 1. The van der Waals surface area contributed by atoms with E-state index >= 15 is 0 Å². The SMILES string of the molecule is CN(Cc1ccccc1)[C@@H]1CN(C(=O)c2ccc3ncsc3c2)C[C@H]1O. The number of carbonyl (C=O) groups excluding carboxylic acids is 1. The molecular formula is C20H21N3O2S. The maximum Gasteiger partial charge on any atom is 0.254 e. The smallest absolute Gasteiger partial charge is 0.254 e. The maximum atomic E-state index is 12.9. The highest BCUT2D eigenvalue weighted by Gasteiger charge is 2.36. The Balaban J connectivity index is 1.46. The van der Waals surface area contributed by atoms with Crippen LogP contribution in [0.15, 0.2) is 54.0 Å². The summed E-state index contributed by atoms with van der Waals surface area (Å²) in [6, 6.07) is 15.7. The van der Waals surface area contributed by atoms with Crippen LogP contribution in [0.4, 0.5) is 0 Å². The molecule has 1 amide bonds. The van der Waals surface area contributed by atoms with Gasteiger partial charge in [0.2, 0.25) is 0 Å². The highest BCUT2D eigenvalue weighted by Crippen LogP contribution is 2.23. The standard InChI is InChI=1S/C20H21N3O2S/c1-22(10-14-5-3-2-4-6-14)17-11-23(12-18(17)24)20(25)15-7-8-16-19(9-15)26-13-21-16/h2-9,13,17-18,24H,10-12H2,1H3/t17-,18-/m1/s1. The highest BCUT2D eigenvalue weighted by molar-refractivity contribution is 7.16. The first-order valence-corrected chi connectivity index (χ1v) is 9.54. The van der Waals surface area contributed by atoms with Crippen molar-refractivity contribution in [3.05, 3.63) is 65.2 Å². The molecule has 2 atom stereocenters. The molecule has 2 heterocycles. The normalized spacial score (nSPS) is 20.2. The third-order valence-corrected chi connectivity index (χ3v) is 5.76. The van der Waals surface area contributed by atoms with Crippen molar-refractivity contribution in [3.63, 3.8) is 0 Å². The number of aromatic nitrogens is 1. The molecule has 1 saturated heterocycles. The van der Waals surface area contributed by atoms with Crippen molar-refractivity contribution in [2.24, 2.45) is 0 Å². The Morgan fingerprint density at radius 1 is 1.27 bits per heavy atom. The number of carbonyl (C=O) groups is 1. The van der Waals surface area contributed by atoms with Crippen LogP contribution in [0.5, 0.6) is 0 Å². The average molecular weight is 367 g/mol. The van der Waals surface area contributed by atoms with Crippen LogP contribution in [0.2, 0.25) is 0 Å². The number of hydrogen-bond donors (Lipinski definition) is 1. The van der Waals surface area contributed by atoms with Crippen molar-refractivity contribution in [1.29, 1.82) is 0 Å². The van der Waals surface area contributed by atoms with E-state index in [-0.39, 0.29) is 11.9 Å². The molecule has 5 nitrogen and oxygen atoms in total. The van der Waals surface area contributed by atoms with Crippen LogP contribution in [0.1, 0.15) is 15.9 Å². The second-order valence-electron chi connectivity index (χ2n) is 6.78. The summed E-state index contributed by atoms with van der Waals surface area (Å²) in [5, 5.41) is 10.5. The molecule has 134 valence electrons. The summed E-state index contributed by atoms with van der Waals surface area (Å²) in [5.74, 6) is -0.0324. The third-order valence-electron chi connectivity index (χ3n) is 4.97. The fourth-order valence-corrected chi connectivity index (χ4v) is 4.24. The minimum Gasteiger partial charge on any atom is -0.390 e. The molecule has 1 N–H and O–H groups in total. The number of aliphatic hydroxyl groups is 1. The number of nitrogens with zero attached hydrogens (tertiary/aromatic N) is 3. The van der Waals surface area contributed by atoms with Crippen LogP contribution in [-0.2, 0) is 6.54 Å². The molecule has 2 aromatic carbocycles. The van der Waals surface area contributed by atoms with Gasteiger partial charge >= 0.3 is 0 Å². The predicted octanol–water partition coefficient (Wildman–Crippen LogP) is 2.61. The topological polar surface area (TPSA) is 56.7 Å². The van der Waals surface area contributed by atoms with E-state index in [0.717, 1.165) is 16.8 Å². The molecular weight excluding hydrogens is 346 g/mol. The minimum atomic E-state index is -0.542. The summed E-state index contributed by atoms with van der Waals surface area (Å²) in [6.45, 7) is 1.64. The van der Waals surface area contributed by atoms with Gasteiger partial charge in [-0.3, -0.25) is 9.69 Å². The van der Waals surface area contributed by atoms with E-state index < -0.39 is 6.10 Å². The molecule has 0 saturated carbocycles. The van der Waals surface area contributed by atoms with Gasteiger partial charge in [0.05, 0.1) is 27.9 Å². The lowest BCUT2D eigenvalue weighted by molar-refractivity contribution is 0.0763. The molecule has 3 aromatic rings. The van der Waals surface area contributed by atoms with Crippen LogP contribution in [0.25, 0.3) is 10.2 Å². The van der Waals surface area contributed by atoms with Gasteiger partial charge in [-0.05, 0) is 30.8 Å². The van der Waals surface area contributed by atoms with Crippen molar-refractivity contribution in [2.45, 2.75) is 18.7 Å². The van der Waals surface area contributed by atoms with Gasteiger partial charge in [0.15, 0.2) is 0 Å². The molecule has 0 spiro atoms. The summed E-state index contributed by atoms with van der Waals surface area (Å²) in [5.41, 5.74) is 4.55. The summed E-state index contributed by atoms with van der Waals surface area (Å²) >= 11 is 1.53. The summed E-state index contributed by atoms with van der Waals surface area (Å²) < 4.78 is 1.01. The van der Waals surface area contributed by atoms with Crippen LogP contribution in [0.3, 0.4) is 0 Å². The Bertz CT molecular complexity index is 912. The Hall–Kier alpha value is -2.28. The number of thiazole rings is 1. The summed E-state index contributed by atoms with van der Waals surface area (Å²) in [7, 11) is 2.00. The van der Waals surface area contributed by atoms with E-state index in [1.807, 2.05) is 43.4 Å². The Labute approximate surface area is 156 Å².